The van der Waals surface area contributed by atoms with Gasteiger partial charge in [-0.2, -0.15) is 0 Å². The quantitative estimate of drug-likeness (QED) is 0.852. The molecule has 4 nitrogen and oxygen atoms in total. The monoisotopic (exact) mass is 234 g/mol. The van der Waals surface area contributed by atoms with Crippen LogP contribution in [0.4, 0.5) is 0 Å². The molecule has 0 spiro atoms. The molecular weight excluding hydrogens is 227 g/mol. The van der Waals surface area contributed by atoms with Gasteiger partial charge in [-0.05, 0) is 13.8 Å². The van der Waals surface area contributed by atoms with Crippen LogP contribution in [0.2, 0.25) is 10.3 Å². The summed E-state index contributed by atoms with van der Waals surface area (Å²) in [5.74, 6) is -1.02. The molecule has 0 fully saturated rings. The third kappa shape index (κ3) is 1.96. The largest absolute Gasteiger partial charge is 0.481 e. The Morgan fingerprint density at radius 3 is 2.50 bits per heavy atom. The number of carbonyl (C=O) groups is 1. The van der Waals surface area contributed by atoms with Crippen molar-refractivity contribution in [2.24, 2.45) is 0 Å². The Morgan fingerprint density at radius 2 is 2.07 bits per heavy atom. The van der Waals surface area contributed by atoms with E-state index in [2.05, 4.69) is 9.97 Å². The minimum absolute atomic E-state index is 0.0184. The molecule has 0 unspecified atom stereocenters. The summed E-state index contributed by atoms with van der Waals surface area (Å²) >= 11 is 11.3. The van der Waals surface area contributed by atoms with E-state index < -0.39 is 11.4 Å². The van der Waals surface area contributed by atoms with Crippen LogP contribution in [0.1, 0.15) is 19.5 Å². The van der Waals surface area contributed by atoms with E-state index >= 15 is 0 Å². The summed E-state index contributed by atoms with van der Waals surface area (Å²) < 4.78 is 0. The number of hydrogen-bond donors (Lipinski definition) is 1. The molecule has 0 radical (unpaired) electrons. The van der Waals surface area contributed by atoms with E-state index in [9.17, 15) is 4.79 Å². The lowest BCUT2D eigenvalue weighted by Crippen LogP contribution is -2.30. The summed E-state index contributed by atoms with van der Waals surface area (Å²) in [5.41, 5.74) is -0.967. The number of nitrogens with zero attached hydrogens (tertiary/aromatic N) is 2. The zero-order valence-corrected chi connectivity index (χ0v) is 9.10. The van der Waals surface area contributed by atoms with Crippen LogP contribution in [0, 0.1) is 0 Å². The van der Waals surface area contributed by atoms with Gasteiger partial charge in [-0.15, -0.1) is 0 Å². The van der Waals surface area contributed by atoms with Gasteiger partial charge in [0.25, 0.3) is 0 Å². The summed E-state index contributed by atoms with van der Waals surface area (Å²) in [7, 11) is 0. The Morgan fingerprint density at radius 1 is 1.50 bits per heavy atom. The average Bonchev–Trinajstić information content (AvgIpc) is 2.02. The van der Waals surface area contributed by atoms with Gasteiger partial charge in [0, 0.05) is 0 Å². The number of carboxylic acid groups (broad SMARTS) is 1. The molecule has 1 aromatic heterocycles. The highest BCUT2D eigenvalue weighted by molar-refractivity contribution is 6.32. The van der Waals surface area contributed by atoms with Gasteiger partial charge >= 0.3 is 5.97 Å². The third-order valence-electron chi connectivity index (χ3n) is 1.83. The molecule has 76 valence electrons. The molecule has 0 aliphatic carbocycles. The Labute approximate surface area is 90.9 Å². The predicted molar refractivity (Wildman–Crippen MR) is 52.7 cm³/mol. The van der Waals surface area contributed by atoms with Gasteiger partial charge in [-0.3, -0.25) is 9.78 Å². The molecule has 1 heterocycles. The second-order valence-corrected chi connectivity index (χ2v) is 4.01. The van der Waals surface area contributed by atoms with E-state index in [0.29, 0.717) is 0 Å². The molecule has 1 N–H and O–H groups in total. The first-order chi connectivity index (χ1) is 6.35. The van der Waals surface area contributed by atoms with Crippen molar-refractivity contribution in [3.8, 4) is 0 Å². The van der Waals surface area contributed by atoms with Crippen LogP contribution in [-0.4, -0.2) is 21.0 Å². The van der Waals surface area contributed by atoms with Gasteiger partial charge in [0.15, 0.2) is 5.15 Å². The second-order valence-electron chi connectivity index (χ2n) is 3.26. The Bertz CT molecular complexity index is 380. The van der Waals surface area contributed by atoms with E-state index in [1.54, 1.807) is 0 Å². The standard InChI is InChI=1S/C8H8Cl2N2O2/c1-8(2,7(13)14)5-6(10)12-4(9)3-11-5/h3H,1-2H3,(H,13,14). The molecule has 0 atom stereocenters. The predicted octanol–water partition coefficient (Wildman–Crippen LogP) is 2.15. The van der Waals surface area contributed by atoms with Crippen LogP contribution in [-0.2, 0) is 10.2 Å². The van der Waals surface area contributed by atoms with Gasteiger partial charge in [-0.1, -0.05) is 23.2 Å². The molecule has 6 heteroatoms. The number of carboxylic acids is 1. The van der Waals surface area contributed by atoms with Gasteiger partial charge in [-0.25, -0.2) is 4.98 Å². The van der Waals surface area contributed by atoms with Crippen LogP contribution in [0.5, 0.6) is 0 Å². The van der Waals surface area contributed by atoms with E-state index in [1.807, 2.05) is 0 Å². The number of aromatic nitrogens is 2. The maximum atomic E-state index is 10.9. The van der Waals surface area contributed by atoms with Crippen molar-refractivity contribution in [1.29, 1.82) is 0 Å². The van der Waals surface area contributed by atoms with E-state index in [-0.39, 0.29) is 16.0 Å². The average molecular weight is 235 g/mol. The second kappa shape index (κ2) is 3.71. The normalized spacial score (nSPS) is 11.4. The molecule has 0 saturated carbocycles. The van der Waals surface area contributed by atoms with Crippen molar-refractivity contribution in [2.45, 2.75) is 19.3 Å². The maximum Gasteiger partial charge on any atom is 0.315 e. The molecule has 0 aliphatic rings. The molecule has 0 bridgehead atoms. The van der Waals surface area contributed by atoms with Crippen molar-refractivity contribution in [3.63, 3.8) is 0 Å². The van der Waals surface area contributed by atoms with Crippen molar-refractivity contribution >= 4 is 29.2 Å². The van der Waals surface area contributed by atoms with Crippen molar-refractivity contribution in [1.82, 2.24) is 9.97 Å². The van der Waals surface area contributed by atoms with Crippen molar-refractivity contribution in [2.75, 3.05) is 0 Å². The Balaban J connectivity index is 3.26. The van der Waals surface area contributed by atoms with Gasteiger partial charge in [0.05, 0.1) is 11.9 Å². The number of halogens is 2. The van der Waals surface area contributed by atoms with E-state index in [1.165, 1.54) is 20.0 Å². The highest BCUT2D eigenvalue weighted by atomic mass is 35.5. The lowest BCUT2D eigenvalue weighted by molar-refractivity contribution is -0.142. The molecule has 0 aromatic carbocycles. The van der Waals surface area contributed by atoms with Crippen LogP contribution in [0.15, 0.2) is 6.20 Å². The van der Waals surface area contributed by atoms with E-state index in [4.69, 9.17) is 28.3 Å². The summed E-state index contributed by atoms with van der Waals surface area (Å²) in [6.45, 7) is 3.00. The highest BCUT2D eigenvalue weighted by Crippen LogP contribution is 2.27. The number of rotatable bonds is 2. The molecule has 14 heavy (non-hydrogen) atoms. The minimum atomic E-state index is -1.17. The third-order valence-corrected chi connectivity index (χ3v) is 2.27. The highest BCUT2D eigenvalue weighted by Gasteiger charge is 2.33. The minimum Gasteiger partial charge on any atom is -0.481 e. The first-order valence-corrected chi connectivity index (χ1v) is 4.53. The van der Waals surface area contributed by atoms with Gasteiger partial charge < -0.3 is 5.11 Å². The number of aliphatic carboxylic acids is 1. The van der Waals surface area contributed by atoms with Crippen LogP contribution in [0.3, 0.4) is 0 Å². The van der Waals surface area contributed by atoms with Gasteiger partial charge in [0.1, 0.15) is 10.6 Å². The first kappa shape index (κ1) is 11.2. The topological polar surface area (TPSA) is 63.1 Å². The zero-order valence-electron chi connectivity index (χ0n) is 7.58. The molecular formula is C8H8Cl2N2O2. The van der Waals surface area contributed by atoms with Crippen molar-refractivity contribution in [3.05, 3.63) is 22.2 Å². The summed E-state index contributed by atoms with van der Waals surface area (Å²) in [6.07, 6.45) is 1.27. The fourth-order valence-corrected chi connectivity index (χ4v) is 1.42. The smallest absolute Gasteiger partial charge is 0.315 e. The molecule has 1 rings (SSSR count). The molecule has 0 saturated heterocycles. The Hall–Kier alpha value is -0.870. The molecule has 0 amide bonds. The summed E-state index contributed by atoms with van der Waals surface area (Å²) in [4.78, 5) is 18.5. The van der Waals surface area contributed by atoms with Gasteiger partial charge in [0.2, 0.25) is 0 Å². The Kier molecular flexibility index (Phi) is 2.97. The summed E-state index contributed by atoms with van der Waals surface area (Å²) in [6, 6.07) is 0. The van der Waals surface area contributed by atoms with Crippen molar-refractivity contribution < 1.29 is 9.90 Å². The molecule has 1 aromatic rings. The lowest BCUT2D eigenvalue weighted by Gasteiger charge is -2.18. The van der Waals surface area contributed by atoms with Crippen LogP contribution >= 0.6 is 23.2 Å². The van der Waals surface area contributed by atoms with Crippen LogP contribution < -0.4 is 0 Å². The summed E-state index contributed by atoms with van der Waals surface area (Å²) in [5, 5.41) is 9.09. The van der Waals surface area contributed by atoms with E-state index in [0.717, 1.165) is 0 Å². The zero-order chi connectivity index (χ0) is 10.9. The SMILES string of the molecule is CC(C)(C(=O)O)c1ncc(Cl)nc1Cl. The fourth-order valence-electron chi connectivity index (χ4n) is 0.867. The number of hydrogen-bond acceptors (Lipinski definition) is 3. The van der Waals surface area contributed by atoms with Crippen LogP contribution in [0.25, 0.3) is 0 Å². The molecule has 0 aliphatic heterocycles. The first-order valence-electron chi connectivity index (χ1n) is 3.77. The maximum absolute atomic E-state index is 10.9. The lowest BCUT2D eigenvalue weighted by atomic mass is 9.90. The fraction of sp³-hybridized carbons (Fsp3) is 0.375.